The van der Waals surface area contributed by atoms with Gasteiger partial charge in [0.1, 0.15) is 11.5 Å². The van der Waals surface area contributed by atoms with E-state index in [0.717, 1.165) is 11.3 Å². The molecule has 3 rings (SSSR count). The molecule has 0 saturated carbocycles. The van der Waals surface area contributed by atoms with E-state index in [0.29, 0.717) is 17.0 Å². The molecule has 124 valence electrons. The van der Waals surface area contributed by atoms with Gasteiger partial charge in [0.25, 0.3) is 0 Å². The summed E-state index contributed by atoms with van der Waals surface area (Å²) in [4.78, 5) is 11.9. The highest BCUT2D eigenvalue weighted by Gasteiger charge is 2.05. The van der Waals surface area contributed by atoms with Crippen molar-refractivity contribution in [2.45, 2.75) is 6.42 Å². The number of carbonyl (C=O) groups excluding carboxylic acids is 1. The van der Waals surface area contributed by atoms with Gasteiger partial charge in [-0.3, -0.25) is 4.79 Å². The Labute approximate surface area is 145 Å². The van der Waals surface area contributed by atoms with Gasteiger partial charge < -0.3 is 14.5 Å². The minimum absolute atomic E-state index is 0.165. The highest BCUT2D eigenvalue weighted by atomic mass is 16.5. The van der Waals surface area contributed by atoms with Gasteiger partial charge in [0, 0.05) is 11.3 Å². The first-order valence-electron chi connectivity index (χ1n) is 7.81. The molecule has 0 atom stereocenters. The van der Waals surface area contributed by atoms with Gasteiger partial charge in [-0.15, -0.1) is 0 Å². The molecule has 0 fully saturated rings. The summed E-state index contributed by atoms with van der Waals surface area (Å²) in [5.74, 6) is 1.32. The lowest BCUT2D eigenvalue weighted by Gasteiger charge is -2.08. The number of rotatable bonds is 6. The summed E-state index contributed by atoms with van der Waals surface area (Å²) in [6.07, 6.45) is 1.85. The highest BCUT2D eigenvalue weighted by Crippen LogP contribution is 2.22. The van der Waals surface area contributed by atoms with Crippen LogP contribution in [0.4, 0.5) is 5.69 Å². The molecule has 0 aliphatic rings. The number of nitriles is 1. The smallest absolute Gasteiger partial charge is 0.227 e. The van der Waals surface area contributed by atoms with E-state index in [1.165, 1.54) is 0 Å². The third-order valence-corrected chi connectivity index (χ3v) is 3.53. The normalized spacial score (nSPS) is 10.0. The monoisotopic (exact) mass is 332 g/mol. The molecule has 25 heavy (non-hydrogen) atoms. The Hall–Kier alpha value is -3.52. The van der Waals surface area contributed by atoms with Gasteiger partial charge in [0.2, 0.25) is 5.91 Å². The van der Waals surface area contributed by atoms with E-state index in [2.05, 4.69) is 5.32 Å². The van der Waals surface area contributed by atoms with E-state index >= 15 is 0 Å². The van der Waals surface area contributed by atoms with Crippen molar-refractivity contribution in [1.29, 1.82) is 5.26 Å². The Morgan fingerprint density at radius 2 is 1.96 bits per heavy atom. The second kappa shape index (κ2) is 7.84. The van der Waals surface area contributed by atoms with Crippen LogP contribution in [0.5, 0.6) is 5.75 Å². The molecule has 0 saturated heterocycles. The van der Waals surface area contributed by atoms with Crippen LogP contribution in [0.3, 0.4) is 0 Å². The molecular weight excluding hydrogens is 316 g/mol. The Bertz CT molecular complexity index is 878. The van der Waals surface area contributed by atoms with Crippen molar-refractivity contribution in [2.24, 2.45) is 0 Å². The minimum atomic E-state index is -0.165. The van der Waals surface area contributed by atoms with Crippen LogP contribution in [0.1, 0.15) is 12.0 Å². The van der Waals surface area contributed by atoms with Gasteiger partial charge in [0.15, 0.2) is 0 Å². The van der Waals surface area contributed by atoms with Crippen LogP contribution in [0, 0.1) is 11.3 Å². The van der Waals surface area contributed by atoms with Crippen molar-refractivity contribution in [3.05, 3.63) is 72.5 Å². The molecule has 0 aliphatic heterocycles. The molecule has 0 spiro atoms. The fraction of sp³-hybridized carbons (Fsp3) is 0.100. The molecule has 5 heteroatoms. The number of hydrogen-bond acceptors (Lipinski definition) is 4. The molecule has 0 aliphatic carbocycles. The molecule has 3 aromatic rings. The van der Waals surface area contributed by atoms with Gasteiger partial charge in [-0.2, -0.15) is 5.26 Å². The first-order chi connectivity index (χ1) is 12.2. The molecule has 2 aromatic carbocycles. The van der Waals surface area contributed by atoms with E-state index in [1.54, 1.807) is 30.5 Å². The zero-order chi connectivity index (χ0) is 17.5. The van der Waals surface area contributed by atoms with Crippen LogP contribution in [0.15, 0.2) is 71.3 Å². The Morgan fingerprint density at radius 3 is 2.68 bits per heavy atom. The lowest BCUT2D eigenvalue weighted by Crippen LogP contribution is -2.15. The molecule has 1 amide bonds. The Kier molecular flexibility index (Phi) is 5.13. The lowest BCUT2D eigenvalue weighted by molar-refractivity contribution is -0.116. The van der Waals surface area contributed by atoms with Gasteiger partial charge >= 0.3 is 0 Å². The largest absolute Gasteiger partial charge is 0.493 e. The summed E-state index contributed by atoms with van der Waals surface area (Å²) in [6.45, 7) is 0.268. The zero-order valence-corrected chi connectivity index (χ0v) is 13.4. The average Bonchev–Trinajstić information content (AvgIpc) is 3.17. The predicted molar refractivity (Wildman–Crippen MR) is 94.0 cm³/mol. The van der Waals surface area contributed by atoms with Crippen molar-refractivity contribution in [3.8, 4) is 23.1 Å². The summed E-state index contributed by atoms with van der Waals surface area (Å²) < 4.78 is 10.9. The molecule has 1 N–H and O–H groups in total. The first kappa shape index (κ1) is 16.3. The molecule has 1 aromatic heterocycles. The van der Waals surface area contributed by atoms with E-state index < -0.39 is 0 Å². The van der Waals surface area contributed by atoms with E-state index in [4.69, 9.17) is 14.4 Å². The lowest BCUT2D eigenvalue weighted by atomic mass is 10.2. The topological polar surface area (TPSA) is 75.3 Å². The summed E-state index contributed by atoms with van der Waals surface area (Å²) in [6, 6.07) is 20.0. The van der Waals surface area contributed by atoms with Crippen LogP contribution >= 0.6 is 0 Å². The first-order valence-corrected chi connectivity index (χ1v) is 7.81. The van der Waals surface area contributed by atoms with Crippen LogP contribution < -0.4 is 10.1 Å². The molecule has 0 bridgehead atoms. The van der Waals surface area contributed by atoms with Crippen LogP contribution in [-0.4, -0.2) is 12.5 Å². The standard InChI is InChI=1S/C20H16N2O3/c21-14-15-3-1-4-17(13-15)22-20(23)10-12-24-18-8-6-16(7-9-18)19-5-2-11-25-19/h1-9,11,13H,10,12H2,(H,22,23). The maximum absolute atomic E-state index is 11.9. The maximum Gasteiger partial charge on any atom is 0.227 e. The summed E-state index contributed by atoms with van der Waals surface area (Å²) >= 11 is 0. The fourth-order valence-electron chi connectivity index (χ4n) is 2.31. The minimum Gasteiger partial charge on any atom is -0.493 e. The highest BCUT2D eigenvalue weighted by molar-refractivity contribution is 5.90. The van der Waals surface area contributed by atoms with Crippen LogP contribution in [-0.2, 0) is 4.79 Å². The summed E-state index contributed by atoms with van der Waals surface area (Å²) in [5, 5.41) is 11.6. The average molecular weight is 332 g/mol. The molecule has 0 radical (unpaired) electrons. The van der Waals surface area contributed by atoms with E-state index in [-0.39, 0.29) is 18.9 Å². The van der Waals surface area contributed by atoms with Crippen molar-refractivity contribution < 1.29 is 13.9 Å². The van der Waals surface area contributed by atoms with Gasteiger partial charge in [-0.05, 0) is 54.6 Å². The van der Waals surface area contributed by atoms with E-state index in [9.17, 15) is 4.79 Å². The number of ether oxygens (including phenoxy) is 1. The second-order valence-electron chi connectivity index (χ2n) is 5.34. The number of benzene rings is 2. The Morgan fingerprint density at radius 1 is 1.12 bits per heavy atom. The number of amides is 1. The fourth-order valence-corrected chi connectivity index (χ4v) is 2.31. The number of hydrogen-bond donors (Lipinski definition) is 1. The van der Waals surface area contributed by atoms with Gasteiger partial charge in [-0.25, -0.2) is 0 Å². The number of anilines is 1. The predicted octanol–water partition coefficient (Wildman–Crippen LogP) is 4.23. The Balaban J connectivity index is 1.47. The quantitative estimate of drug-likeness (QED) is 0.733. The van der Waals surface area contributed by atoms with Gasteiger partial charge in [-0.1, -0.05) is 6.07 Å². The van der Waals surface area contributed by atoms with Gasteiger partial charge in [0.05, 0.1) is 30.9 Å². The molecule has 1 heterocycles. The SMILES string of the molecule is N#Cc1cccc(NC(=O)CCOc2ccc(-c3ccco3)cc2)c1. The molecular formula is C20H16N2O3. The zero-order valence-electron chi connectivity index (χ0n) is 13.4. The number of nitrogens with one attached hydrogen (secondary N) is 1. The number of nitrogens with zero attached hydrogens (tertiary/aromatic N) is 1. The molecule has 0 unspecified atom stereocenters. The van der Waals surface area contributed by atoms with Crippen LogP contribution in [0.2, 0.25) is 0 Å². The van der Waals surface area contributed by atoms with Crippen molar-refractivity contribution in [2.75, 3.05) is 11.9 Å². The van der Waals surface area contributed by atoms with Crippen LogP contribution in [0.25, 0.3) is 11.3 Å². The number of carbonyl (C=O) groups is 1. The summed E-state index contributed by atoms with van der Waals surface area (Å²) in [5.41, 5.74) is 2.07. The van der Waals surface area contributed by atoms with E-state index in [1.807, 2.05) is 42.5 Å². The second-order valence-corrected chi connectivity index (χ2v) is 5.34. The van der Waals surface area contributed by atoms with Crippen molar-refractivity contribution >= 4 is 11.6 Å². The molecule has 5 nitrogen and oxygen atoms in total. The number of furan rings is 1. The maximum atomic E-state index is 11.9. The summed E-state index contributed by atoms with van der Waals surface area (Å²) in [7, 11) is 0. The third kappa shape index (κ3) is 4.49. The van der Waals surface area contributed by atoms with Crippen molar-refractivity contribution in [1.82, 2.24) is 0 Å². The van der Waals surface area contributed by atoms with Crippen molar-refractivity contribution in [3.63, 3.8) is 0 Å². The third-order valence-electron chi connectivity index (χ3n) is 3.53.